The first-order chi connectivity index (χ1) is 18.3. The van der Waals surface area contributed by atoms with Gasteiger partial charge in [-0.1, -0.05) is 30.3 Å². The number of ether oxygens (including phenoxy) is 4. The van der Waals surface area contributed by atoms with Crippen molar-refractivity contribution in [2.24, 2.45) is 5.92 Å². The van der Waals surface area contributed by atoms with Gasteiger partial charge >= 0.3 is 11.9 Å². The first-order valence-corrected chi connectivity index (χ1v) is 12.8. The molecule has 2 N–H and O–H groups in total. The zero-order valence-corrected chi connectivity index (χ0v) is 25.1. The molecule has 2 aromatic carbocycles. The van der Waals surface area contributed by atoms with Crippen LogP contribution in [0.5, 0.6) is 11.5 Å². The number of hydrogen-bond donors (Lipinski definition) is 2. The van der Waals surface area contributed by atoms with Gasteiger partial charge in [0.25, 0.3) is 0 Å². The van der Waals surface area contributed by atoms with Crippen molar-refractivity contribution in [3.8, 4) is 22.8 Å². The second-order valence-electron chi connectivity index (χ2n) is 8.98. The number of aromatic nitrogens is 1. The molecule has 0 spiro atoms. The van der Waals surface area contributed by atoms with E-state index < -0.39 is 29.4 Å². The number of nitrogens with one attached hydrogen (secondary N) is 2. The van der Waals surface area contributed by atoms with Gasteiger partial charge in [-0.3, -0.25) is 4.79 Å². The molecule has 11 heteroatoms. The first-order valence-electron chi connectivity index (χ1n) is 11.9. The van der Waals surface area contributed by atoms with Gasteiger partial charge in [0.1, 0.15) is 11.6 Å². The molecule has 0 aliphatic carbocycles. The van der Waals surface area contributed by atoms with Crippen LogP contribution in [0.2, 0.25) is 0 Å². The predicted molar refractivity (Wildman–Crippen MR) is 156 cm³/mol. The van der Waals surface area contributed by atoms with Crippen LogP contribution in [0, 0.1) is 5.92 Å². The minimum Gasteiger partial charge on any atom is -0.493 e. The van der Waals surface area contributed by atoms with Crippen LogP contribution in [-0.4, -0.2) is 51.0 Å². The number of nitrogens with zero attached hydrogens (tertiary/aromatic N) is 1. The van der Waals surface area contributed by atoms with Crippen LogP contribution in [-0.2, 0) is 19.1 Å². The Kier molecular flexibility index (Phi) is 9.63. The number of rotatable bonds is 8. The summed E-state index contributed by atoms with van der Waals surface area (Å²) in [6.07, 6.45) is 0. The molecule has 0 radical (unpaired) electrons. The number of thiazole rings is 1. The molecule has 0 saturated heterocycles. The van der Waals surface area contributed by atoms with Crippen LogP contribution in [0.1, 0.15) is 25.3 Å². The van der Waals surface area contributed by atoms with Gasteiger partial charge in [-0.15, -0.1) is 28.3 Å². The maximum Gasteiger partial charge on any atom is 0.336 e. The number of halogens is 1. The third-order valence-electron chi connectivity index (χ3n) is 6.69. The fourth-order valence-corrected chi connectivity index (χ4v) is 5.80. The van der Waals surface area contributed by atoms with Crippen LogP contribution in [0.3, 0.4) is 0 Å². The lowest BCUT2D eigenvalue weighted by molar-refractivity contribution is -0.149. The summed E-state index contributed by atoms with van der Waals surface area (Å²) < 4.78 is 21.1. The molecule has 0 amide bonds. The number of allylic oxidation sites excluding steroid dienone is 1. The lowest BCUT2D eigenvalue weighted by atomic mass is 9.71. The van der Waals surface area contributed by atoms with Gasteiger partial charge in [0.2, 0.25) is 0 Å². The van der Waals surface area contributed by atoms with E-state index in [1.807, 2.05) is 60.8 Å². The van der Waals surface area contributed by atoms with Crippen LogP contribution in [0.15, 0.2) is 65.2 Å². The number of hydrogen-bond acceptors (Lipinski definition) is 10. The number of carbonyl (C=O) groups is 2. The van der Waals surface area contributed by atoms with Crippen LogP contribution >= 0.6 is 28.3 Å². The maximum atomic E-state index is 13.4. The minimum atomic E-state index is -1.05. The Morgan fingerprint density at radius 1 is 1.00 bits per heavy atom. The number of methoxy groups -OCH3 is 4. The van der Waals surface area contributed by atoms with E-state index in [1.54, 1.807) is 21.1 Å². The van der Waals surface area contributed by atoms with E-state index in [2.05, 4.69) is 10.6 Å². The Morgan fingerprint density at radius 2 is 1.69 bits per heavy atom. The molecule has 0 fully saturated rings. The van der Waals surface area contributed by atoms with Crippen molar-refractivity contribution in [3.05, 3.63) is 70.7 Å². The van der Waals surface area contributed by atoms with E-state index in [-0.39, 0.29) is 17.0 Å². The average Bonchev–Trinajstić information content (AvgIpc) is 3.39. The number of benzene rings is 2. The van der Waals surface area contributed by atoms with E-state index in [4.69, 9.17) is 23.9 Å². The van der Waals surface area contributed by atoms with Crippen molar-refractivity contribution in [2.45, 2.75) is 25.4 Å². The second-order valence-corrected chi connectivity index (χ2v) is 9.84. The molecule has 3 aromatic rings. The quantitative estimate of drug-likeness (QED) is 0.331. The summed E-state index contributed by atoms with van der Waals surface area (Å²) in [6.45, 7) is 3.66. The Labute approximate surface area is 242 Å². The summed E-state index contributed by atoms with van der Waals surface area (Å²) >= 11 is 1.40. The number of anilines is 1. The van der Waals surface area contributed by atoms with Gasteiger partial charge in [0, 0.05) is 22.6 Å². The fraction of sp³-hybridized carbons (Fsp3) is 0.321. The molecule has 39 heavy (non-hydrogen) atoms. The Balaban J connectivity index is 0.00000420. The monoisotopic (exact) mass is 617 g/mol. The van der Waals surface area contributed by atoms with Crippen molar-refractivity contribution in [1.29, 1.82) is 0 Å². The molecule has 1 aliphatic heterocycles. The first kappa shape index (κ1) is 30.0. The summed E-state index contributed by atoms with van der Waals surface area (Å²) in [5.74, 6) is -1.22. The summed E-state index contributed by atoms with van der Waals surface area (Å²) in [4.78, 5) is 31.1. The highest BCUT2D eigenvalue weighted by molar-refractivity contribution is 8.93. The highest BCUT2D eigenvalue weighted by Crippen LogP contribution is 2.45. The second kappa shape index (κ2) is 12.5. The topological polar surface area (TPSA) is 108 Å². The summed E-state index contributed by atoms with van der Waals surface area (Å²) in [6, 6.07) is 15.0. The largest absolute Gasteiger partial charge is 0.493 e. The Bertz CT molecular complexity index is 1360. The zero-order chi connectivity index (χ0) is 27.4. The number of esters is 2. The molecule has 1 aliphatic rings. The molecular weight excluding hydrogens is 586 g/mol. The average molecular weight is 619 g/mol. The standard InChI is InChI=1S/C28H31N3O6S.BrH/c1-16-22(25(32)36-5)23(17-10-8-7-9-11-17)24(26(33)37-6)28(2,30-16)31-27-29-19(15-38-27)18-12-13-20(34-3)21(14-18)35-4;/h7-15,23-24,30H,1-6H3,(H,29,31);1H. The van der Waals surface area contributed by atoms with Crippen molar-refractivity contribution in [3.63, 3.8) is 0 Å². The third kappa shape index (κ3) is 5.89. The molecular formula is C28H32BrN3O6S. The lowest BCUT2D eigenvalue weighted by Crippen LogP contribution is -2.62. The van der Waals surface area contributed by atoms with Crippen molar-refractivity contribution >= 4 is 45.4 Å². The smallest absolute Gasteiger partial charge is 0.336 e. The molecule has 2 heterocycles. The van der Waals surface area contributed by atoms with Crippen LogP contribution in [0.4, 0.5) is 5.13 Å². The van der Waals surface area contributed by atoms with Crippen molar-refractivity contribution in [2.75, 3.05) is 33.8 Å². The number of carbonyl (C=O) groups excluding carboxylic acids is 2. The van der Waals surface area contributed by atoms with Crippen LogP contribution < -0.4 is 20.1 Å². The van der Waals surface area contributed by atoms with Gasteiger partial charge in [-0.05, 0) is 37.6 Å². The molecule has 4 rings (SSSR count). The fourth-order valence-electron chi connectivity index (χ4n) is 4.97. The zero-order valence-electron chi connectivity index (χ0n) is 22.6. The van der Waals surface area contributed by atoms with Gasteiger partial charge in [-0.2, -0.15) is 0 Å². The van der Waals surface area contributed by atoms with Gasteiger partial charge in [0.05, 0.1) is 39.7 Å². The van der Waals surface area contributed by atoms with Gasteiger partial charge in [0.15, 0.2) is 16.6 Å². The molecule has 3 atom stereocenters. The molecule has 0 saturated carbocycles. The van der Waals surface area contributed by atoms with E-state index in [0.29, 0.717) is 27.9 Å². The minimum absolute atomic E-state index is 0. The third-order valence-corrected chi connectivity index (χ3v) is 7.44. The highest BCUT2D eigenvalue weighted by atomic mass is 79.9. The maximum absolute atomic E-state index is 13.4. The summed E-state index contributed by atoms with van der Waals surface area (Å²) in [5, 5.41) is 9.28. The molecule has 208 valence electrons. The predicted octanol–water partition coefficient (Wildman–Crippen LogP) is 5.16. The van der Waals surface area contributed by atoms with Gasteiger partial charge in [-0.25, -0.2) is 9.78 Å². The molecule has 9 nitrogen and oxygen atoms in total. The highest BCUT2D eigenvalue weighted by Gasteiger charge is 2.52. The SMILES string of the molecule is Br.COC(=O)C1=C(C)NC(C)(Nc2nc(-c3ccc(OC)c(OC)c3)cs2)C(C(=O)OC)C1c1ccccc1. The lowest BCUT2D eigenvalue weighted by Gasteiger charge is -2.46. The van der Waals surface area contributed by atoms with E-state index in [1.165, 1.54) is 25.6 Å². The van der Waals surface area contributed by atoms with Crippen molar-refractivity contribution < 1.29 is 28.5 Å². The Morgan fingerprint density at radius 3 is 2.31 bits per heavy atom. The molecule has 3 unspecified atom stereocenters. The van der Waals surface area contributed by atoms with Crippen LogP contribution in [0.25, 0.3) is 11.3 Å². The molecule has 0 bridgehead atoms. The van der Waals surface area contributed by atoms with Gasteiger partial charge < -0.3 is 29.6 Å². The molecule has 1 aromatic heterocycles. The van der Waals surface area contributed by atoms with Crippen molar-refractivity contribution in [1.82, 2.24) is 10.3 Å². The summed E-state index contributed by atoms with van der Waals surface area (Å²) in [7, 11) is 5.84. The Hall–Kier alpha value is -3.57. The van der Waals surface area contributed by atoms with E-state index in [9.17, 15) is 9.59 Å². The van der Waals surface area contributed by atoms with E-state index in [0.717, 1.165) is 16.8 Å². The van der Waals surface area contributed by atoms with E-state index >= 15 is 0 Å². The summed E-state index contributed by atoms with van der Waals surface area (Å²) in [5.41, 5.74) is 2.29. The normalized spacial score (nSPS) is 20.3.